The highest BCUT2D eigenvalue weighted by atomic mass is 16.7. The van der Waals surface area contributed by atoms with Crippen LogP contribution in [-0.4, -0.2) is 32.7 Å². The second-order valence-corrected chi connectivity index (χ2v) is 4.85. The van der Waals surface area contributed by atoms with Crippen molar-refractivity contribution < 1.29 is 14.2 Å². The molecular formula is C11H20O3. The third kappa shape index (κ3) is 1.95. The van der Waals surface area contributed by atoms with Gasteiger partial charge in [-0.1, -0.05) is 6.92 Å². The van der Waals surface area contributed by atoms with Gasteiger partial charge in [-0.3, -0.25) is 0 Å². The summed E-state index contributed by atoms with van der Waals surface area (Å²) in [5.74, 6) is -0.229. The maximum absolute atomic E-state index is 5.69. The van der Waals surface area contributed by atoms with Crippen LogP contribution >= 0.6 is 0 Å². The summed E-state index contributed by atoms with van der Waals surface area (Å²) in [5.41, 5.74) is 0.329. The van der Waals surface area contributed by atoms with E-state index in [9.17, 15) is 0 Å². The van der Waals surface area contributed by atoms with Gasteiger partial charge >= 0.3 is 0 Å². The van der Waals surface area contributed by atoms with Crippen molar-refractivity contribution in [3.05, 3.63) is 0 Å². The first-order valence-corrected chi connectivity index (χ1v) is 5.45. The summed E-state index contributed by atoms with van der Waals surface area (Å²) in [6, 6.07) is 0. The van der Waals surface area contributed by atoms with Crippen molar-refractivity contribution in [1.29, 1.82) is 0 Å². The lowest BCUT2D eigenvalue weighted by Crippen LogP contribution is -2.40. The minimum atomic E-state index is -0.229. The Hall–Kier alpha value is -0.120. The van der Waals surface area contributed by atoms with Gasteiger partial charge < -0.3 is 14.2 Å². The van der Waals surface area contributed by atoms with Crippen molar-refractivity contribution in [2.24, 2.45) is 5.41 Å². The van der Waals surface area contributed by atoms with E-state index in [0.717, 1.165) is 45.5 Å². The number of methoxy groups -OCH3 is 1. The van der Waals surface area contributed by atoms with Gasteiger partial charge in [0, 0.05) is 20.0 Å². The molecule has 14 heavy (non-hydrogen) atoms. The van der Waals surface area contributed by atoms with Crippen LogP contribution in [0.5, 0.6) is 0 Å². The Balaban J connectivity index is 1.90. The average molecular weight is 200 g/mol. The second-order valence-electron chi connectivity index (χ2n) is 4.85. The molecule has 0 aromatic carbocycles. The molecule has 1 heterocycles. The fourth-order valence-electron chi connectivity index (χ4n) is 2.51. The molecule has 0 amide bonds. The Morgan fingerprint density at radius 1 is 1.07 bits per heavy atom. The lowest BCUT2D eigenvalue weighted by molar-refractivity contribution is -0.193. The van der Waals surface area contributed by atoms with E-state index in [1.807, 2.05) is 0 Å². The van der Waals surface area contributed by atoms with Crippen molar-refractivity contribution >= 4 is 0 Å². The summed E-state index contributed by atoms with van der Waals surface area (Å²) in [4.78, 5) is 0. The topological polar surface area (TPSA) is 27.7 Å². The summed E-state index contributed by atoms with van der Waals surface area (Å²) >= 11 is 0. The summed E-state index contributed by atoms with van der Waals surface area (Å²) in [6.45, 7) is 4.67. The summed E-state index contributed by atoms with van der Waals surface area (Å²) in [5, 5.41) is 0. The third-order valence-corrected chi connectivity index (χ3v) is 3.53. The highest BCUT2D eigenvalue weighted by Crippen LogP contribution is 2.44. The molecule has 1 spiro atoms. The molecular weight excluding hydrogens is 180 g/mol. The molecule has 2 fully saturated rings. The highest BCUT2D eigenvalue weighted by molar-refractivity contribution is 4.88. The van der Waals surface area contributed by atoms with Crippen molar-refractivity contribution in [2.45, 2.75) is 38.4 Å². The first-order valence-electron chi connectivity index (χ1n) is 5.45. The molecule has 0 bridgehead atoms. The first kappa shape index (κ1) is 10.4. The zero-order chi connectivity index (χ0) is 10.1. The standard InChI is InChI=1S/C11H20O3/c1-10(9-12-2)3-5-11(6-4-10)13-7-8-14-11/h3-9H2,1-2H3. The molecule has 0 N–H and O–H groups in total. The van der Waals surface area contributed by atoms with Crippen molar-refractivity contribution in [3.63, 3.8) is 0 Å². The SMILES string of the molecule is COCC1(C)CCC2(CC1)OCCO2. The van der Waals surface area contributed by atoms with Crippen LogP contribution in [0.1, 0.15) is 32.6 Å². The number of ether oxygens (including phenoxy) is 3. The van der Waals surface area contributed by atoms with Gasteiger partial charge in [-0.25, -0.2) is 0 Å². The third-order valence-electron chi connectivity index (χ3n) is 3.53. The minimum Gasteiger partial charge on any atom is -0.384 e. The van der Waals surface area contributed by atoms with Gasteiger partial charge in [-0.05, 0) is 18.3 Å². The molecule has 0 unspecified atom stereocenters. The Morgan fingerprint density at radius 2 is 1.64 bits per heavy atom. The fraction of sp³-hybridized carbons (Fsp3) is 1.00. The van der Waals surface area contributed by atoms with Gasteiger partial charge in [0.2, 0.25) is 0 Å². The Morgan fingerprint density at radius 3 is 2.14 bits per heavy atom. The molecule has 2 rings (SSSR count). The normalized spacial score (nSPS) is 29.6. The average Bonchev–Trinajstić information content (AvgIpc) is 2.61. The number of rotatable bonds is 2. The van der Waals surface area contributed by atoms with Crippen molar-refractivity contribution in [2.75, 3.05) is 26.9 Å². The predicted octanol–water partition coefficient (Wildman–Crippen LogP) is 1.96. The van der Waals surface area contributed by atoms with E-state index in [0.29, 0.717) is 5.41 Å². The van der Waals surface area contributed by atoms with Gasteiger partial charge in [0.15, 0.2) is 5.79 Å². The van der Waals surface area contributed by atoms with E-state index in [-0.39, 0.29) is 5.79 Å². The fourth-order valence-corrected chi connectivity index (χ4v) is 2.51. The summed E-state index contributed by atoms with van der Waals surface area (Å²) < 4.78 is 16.6. The van der Waals surface area contributed by atoms with E-state index in [1.54, 1.807) is 7.11 Å². The predicted molar refractivity (Wildman–Crippen MR) is 53.1 cm³/mol. The molecule has 3 heteroatoms. The van der Waals surface area contributed by atoms with Crippen LogP contribution in [0.4, 0.5) is 0 Å². The summed E-state index contributed by atoms with van der Waals surface area (Å²) in [7, 11) is 1.78. The van der Waals surface area contributed by atoms with E-state index >= 15 is 0 Å². The molecule has 1 aliphatic carbocycles. The van der Waals surface area contributed by atoms with Crippen LogP contribution in [0.2, 0.25) is 0 Å². The summed E-state index contributed by atoms with van der Waals surface area (Å²) in [6.07, 6.45) is 4.32. The molecule has 2 aliphatic rings. The van der Waals surface area contributed by atoms with Crippen LogP contribution < -0.4 is 0 Å². The monoisotopic (exact) mass is 200 g/mol. The Bertz CT molecular complexity index is 187. The number of hydrogen-bond donors (Lipinski definition) is 0. The Labute approximate surface area is 85.7 Å². The van der Waals surface area contributed by atoms with Crippen molar-refractivity contribution in [3.8, 4) is 0 Å². The van der Waals surface area contributed by atoms with E-state index < -0.39 is 0 Å². The van der Waals surface area contributed by atoms with Crippen LogP contribution in [0, 0.1) is 5.41 Å². The lowest BCUT2D eigenvalue weighted by Gasteiger charge is -2.41. The van der Waals surface area contributed by atoms with Gasteiger partial charge in [-0.2, -0.15) is 0 Å². The van der Waals surface area contributed by atoms with Gasteiger partial charge in [0.05, 0.1) is 19.8 Å². The van der Waals surface area contributed by atoms with Gasteiger partial charge in [-0.15, -0.1) is 0 Å². The van der Waals surface area contributed by atoms with Crippen LogP contribution in [0.3, 0.4) is 0 Å². The molecule has 3 nitrogen and oxygen atoms in total. The quantitative estimate of drug-likeness (QED) is 0.682. The van der Waals surface area contributed by atoms with Crippen LogP contribution in [0.15, 0.2) is 0 Å². The van der Waals surface area contributed by atoms with Gasteiger partial charge in [0.1, 0.15) is 0 Å². The number of hydrogen-bond acceptors (Lipinski definition) is 3. The lowest BCUT2D eigenvalue weighted by atomic mass is 9.74. The minimum absolute atomic E-state index is 0.229. The molecule has 1 saturated heterocycles. The van der Waals surface area contributed by atoms with Crippen molar-refractivity contribution in [1.82, 2.24) is 0 Å². The van der Waals surface area contributed by atoms with Gasteiger partial charge in [0.25, 0.3) is 0 Å². The van der Waals surface area contributed by atoms with E-state index in [4.69, 9.17) is 14.2 Å². The molecule has 0 atom stereocenters. The maximum Gasteiger partial charge on any atom is 0.168 e. The van der Waals surface area contributed by atoms with Crippen LogP contribution in [0.25, 0.3) is 0 Å². The molecule has 0 radical (unpaired) electrons. The molecule has 1 saturated carbocycles. The van der Waals surface area contributed by atoms with E-state index in [1.165, 1.54) is 0 Å². The first-order chi connectivity index (χ1) is 6.68. The largest absolute Gasteiger partial charge is 0.384 e. The molecule has 1 aliphatic heterocycles. The van der Waals surface area contributed by atoms with E-state index in [2.05, 4.69) is 6.92 Å². The maximum atomic E-state index is 5.69. The molecule has 0 aromatic heterocycles. The zero-order valence-corrected chi connectivity index (χ0v) is 9.17. The second kappa shape index (κ2) is 3.80. The zero-order valence-electron chi connectivity index (χ0n) is 9.17. The molecule has 0 aromatic rings. The highest BCUT2D eigenvalue weighted by Gasteiger charge is 2.44. The Kier molecular flexibility index (Phi) is 2.82. The smallest absolute Gasteiger partial charge is 0.168 e. The molecule has 82 valence electrons. The van der Waals surface area contributed by atoms with Crippen LogP contribution in [-0.2, 0) is 14.2 Å².